The van der Waals surface area contributed by atoms with Crippen LogP contribution in [0.3, 0.4) is 0 Å². The summed E-state index contributed by atoms with van der Waals surface area (Å²) >= 11 is 0. The van der Waals surface area contributed by atoms with Crippen LogP contribution in [-0.2, 0) is 0 Å². The van der Waals surface area contributed by atoms with Crippen LogP contribution in [0.25, 0.3) is 0 Å². The molecule has 0 N–H and O–H groups in total. The molecule has 2 unspecified atom stereocenters. The van der Waals surface area contributed by atoms with Crippen LogP contribution >= 0.6 is 0 Å². The zero-order valence-corrected chi connectivity index (χ0v) is 12.1. The van der Waals surface area contributed by atoms with E-state index in [1.165, 1.54) is 5.69 Å². The Bertz CT molecular complexity index is 302. The van der Waals surface area contributed by atoms with Gasteiger partial charge in [0.25, 0.3) is 0 Å². The largest absolute Gasteiger partial charge is 0.366 e. The Morgan fingerprint density at radius 3 is 1.47 bits per heavy atom. The summed E-state index contributed by atoms with van der Waals surface area (Å²) in [6, 6.07) is 11.9. The van der Waals surface area contributed by atoms with Crippen LogP contribution < -0.4 is 4.90 Å². The maximum atomic E-state index is 2.56. The highest BCUT2D eigenvalue weighted by Gasteiger charge is 2.24. The van der Waals surface area contributed by atoms with E-state index < -0.39 is 0 Å². The van der Waals surface area contributed by atoms with Crippen molar-refractivity contribution in [2.45, 2.75) is 53.6 Å². The van der Waals surface area contributed by atoms with Crippen molar-refractivity contribution in [2.24, 2.45) is 11.8 Å². The summed E-state index contributed by atoms with van der Waals surface area (Å²) in [5.74, 6) is 1.33. The maximum absolute atomic E-state index is 2.56. The fraction of sp³-hybridized carbons (Fsp3) is 0.625. The van der Waals surface area contributed by atoms with E-state index in [2.05, 4.69) is 76.8 Å². The summed E-state index contributed by atoms with van der Waals surface area (Å²) in [5, 5.41) is 0. The molecule has 0 amide bonds. The van der Waals surface area contributed by atoms with Gasteiger partial charge in [-0.1, -0.05) is 45.9 Å². The third-order valence-electron chi connectivity index (χ3n) is 3.86. The molecule has 1 rings (SSSR count). The van der Waals surface area contributed by atoms with E-state index in [9.17, 15) is 0 Å². The molecule has 0 aliphatic heterocycles. The summed E-state index contributed by atoms with van der Waals surface area (Å²) in [7, 11) is 0. The lowest BCUT2D eigenvalue weighted by atomic mass is 9.97. The normalized spacial score (nSPS) is 15.1. The van der Waals surface area contributed by atoms with Gasteiger partial charge in [0.2, 0.25) is 0 Å². The van der Waals surface area contributed by atoms with E-state index in [-0.39, 0.29) is 0 Å². The lowest BCUT2D eigenvalue weighted by Gasteiger charge is -2.40. The molecule has 0 aliphatic carbocycles. The van der Waals surface area contributed by atoms with Gasteiger partial charge in [0.05, 0.1) is 0 Å². The quantitative estimate of drug-likeness (QED) is 0.719. The second kappa shape index (κ2) is 6.09. The van der Waals surface area contributed by atoms with Crippen molar-refractivity contribution in [3.63, 3.8) is 0 Å². The molecule has 96 valence electrons. The molecule has 0 aromatic heterocycles. The monoisotopic (exact) mass is 233 g/mol. The van der Waals surface area contributed by atoms with E-state index in [4.69, 9.17) is 0 Å². The summed E-state index contributed by atoms with van der Waals surface area (Å²) in [6.07, 6.45) is 0. The van der Waals surface area contributed by atoms with Crippen molar-refractivity contribution in [3.05, 3.63) is 30.3 Å². The molecule has 2 atom stereocenters. The summed E-state index contributed by atoms with van der Waals surface area (Å²) < 4.78 is 0. The van der Waals surface area contributed by atoms with Gasteiger partial charge in [-0.2, -0.15) is 0 Å². The van der Waals surface area contributed by atoms with Crippen LogP contribution in [0, 0.1) is 11.8 Å². The van der Waals surface area contributed by atoms with Crippen LogP contribution in [0.15, 0.2) is 30.3 Å². The van der Waals surface area contributed by atoms with Gasteiger partial charge in [0.15, 0.2) is 0 Å². The smallest absolute Gasteiger partial charge is 0.0371 e. The molecule has 0 aliphatic rings. The number of hydrogen-bond acceptors (Lipinski definition) is 1. The molecule has 1 aromatic carbocycles. The zero-order chi connectivity index (χ0) is 13.0. The Kier molecular flexibility index (Phi) is 5.04. The molecule has 1 heteroatoms. The van der Waals surface area contributed by atoms with Crippen LogP contribution in [-0.4, -0.2) is 12.1 Å². The number of anilines is 1. The molecule has 0 radical (unpaired) electrons. The van der Waals surface area contributed by atoms with Crippen molar-refractivity contribution < 1.29 is 0 Å². The van der Waals surface area contributed by atoms with Gasteiger partial charge in [-0.05, 0) is 37.8 Å². The Balaban J connectivity index is 3.03. The first-order valence-corrected chi connectivity index (χ1v) is 6.78. The van der Waals surface area contributed by atoms with E-state index >= 15 is 0 Å². The molecule has 17 heavy (non-hydrogen) atoms. The number of nitrogens with zero attached hydrogens (tertiary/aromatic N) is 1. The summed E-state index contributed by atoms with van der Waals surface area (Å²) in [4.78, 5) is 2.56. The molecule has 0 saturated heterocycles. The van der Waals surface area contributed by atoms with Crippen LogP contribution in [0.1, 0.15) is 41.5 Å². The second-order valence-corrected chi connectivity index (χ2v) is 5.71. The Morgan fingerprint density at radius 1 is 0.706 bits per heavy atom. The lowest BCUT2D eigenvalue weighted by Crippen LogP contribution is -2.45. The van der Waals surface area contributed by atoms with Gasteiger partial charge < -0.3 is 4.90 Å². The third-order valence-corrected chi connectivity index (χ3v) is 3.86. The van der Waals surface area contributed by atoms with Crippen molar-refractivity contribution >= 4 is 5.69 Å². The van der Waals surface area contributed by atoms with Crippen molar-refractivity contribution in [1.29, 1.82) is 0 Å². The minimum Gasteiger partial charge on any atom is -0.366 e. The lowest BCUT2D eigenvalue weighted by molar-refractivity contribution is 0.395. The van der Waals surface area contributed by atoms with E-state index in [0.717, 1.165) is 0 Å². The maximum Gasteiger partial charge on any atom is 0.0371 e. The number of benzene rings is 1. The molecule has 1 nitrogen and oxygen atoms in total. The van der Waals surface area contributed by atoms with Gasteiger partial charge in [-0.25, -0.2) is 0 Å². The van der Waals surface area contributed by atoms with E-state index in [0.29, 0.717) is 23.9 Å². The fourth-order valence-electron chi connectivity index (χ4n) is 2.08. The Morgan fingerprint density at radius 2 is 1.12 bits per heavy atom. The van der Waals surface area contributed by atoms with Crippen LogP contribution in [0.2, 0.25) is 0 Å². The predicted octanol–water partition coefficient (Wildman–Crippen LogP) is 4.58. The SMILES string of the molecule is CC(C)C(C)N(c1ccccc1)C(C)C(C)C. The van der Waals surface area contributed by atoms with Crippen LogP contribution in [0.4, 0.5) is 5.69 Å². The number of para-hydroxylation sites is 1. The topological polar surface area (TPSA) is 3.24 Å². The van der Waals surface area contributed by atoms with Crippen molar-refractivity contribution in [1.82, 2.24) is 0 Å². The highest BCUT2D eigenvalue weighted by Crippen LogP contribution is 2.26. The van der Waals surface area contributed by atoms with Gasteiger partial charge in [-0.15, -0.1) is 0 Å². The average Bonchev–Trinajstić information content (AvgIpc) is 2.30. The minimum atomic E-state index is 0.565. The van der Waals surface area contributed by atoms with Gasteiger partial charge in [-0.3, -0.25) is 0 Å². The Hall–Kier alpha value is -0.980. The standard InChI is InChI=1S/C16H27N/c1-12(2)14(5)17(15(6)13(3)4)16-10-8-7-9-11-16/h7-15H,1-6H3. The zero-order valence-electron chi connectivity index (χ0n) is 12.1. The van der Waals surface area contributed by atoms with E-state index in [1.54, 1.807) is 0 Å². The summed E-state index contributed by atoms with van der Waals surface area (Å²) in [5.41, 5.74) is 1.34. The third kappa shape index (κ3) is 3.49. The molecule has 0 heterocycles. The van der Waals surface area contributed by atoms with Crippen LogP contribution in [0.5, 0.6) is 0 Å². The van der Waals surface area contributed by atoms with Crippen molar-refractivity contribution in [2.75, 3.05) is 4.90 Å². The Labute approximate surface area is 107 Å². The molecular formula is C16H27N. The van der Waals surface area contributed by atoms with E-state index in [1.807, 2.05) is 0 Å². The first kappa shape index (κ1) is 14.1. The molecule has 0 saturated carbocycles. The average molecular weight is 233 g/mol. The summed E-state index contributed by atoms with van der Waals surface area (Å²) in [6.45, 7) is 13.9. The minimum absolute atomic E-state index is 0.565. The molecule has 0 fully saturated rings. The number of hydrogen-bond donors (Lipinski definition) is 0. The predicted molar refractivity (Wildman–Crippen MR) is 77.5 cm³/mol. The first-order chi connectivity index (χ1) is 7.95. The first-order valence-electron chi connectivity index (χ1n) is 6.78. The van der Waals surface area contributed by atoms with Gasteiger partial charge >= 0.3 is 0 Å². The highest BCUT2D eigenvalue weighted by atomic mass is 15.2. The molecular weight excluding hydrogens is 206 g/mol. The van der Waals surface area contributed by atoms with Crippen molar-refractivity contribution in [3.8, 4) is 0 Å². The second-order valence-electron chi connectivity index (χ2n) is 5.71. The molecule has 0 spiro atoms. The molecule has 1 aromatic rings. The number of rotatable bonds is 5. The highest BCUT2D eigenvalue weighted by molar-refractivity contribution is 5.48. The van der Waals surface area contributed by atoms with Gasteiger partial charge in [0, 0.05) is 17.8 Å². The fourth-order valence-corrected chi connectivity index (χ4v) is 2.08. The van der Waals surface area contributed by atoms with Gasteiger partial charge in [0.1, 0.15) is 0 Å². The molecule has 0 bridgehead atoms.